The van der Waals surface area contributed by atoms with Crippen molar-refractivity contribution in [1.29, 1.82) is 10.5 Å². The van der Waals surface area contributed by atoms with Crippen molar-refractivity contribution in [1.82, 2.24) is 0 Å². The Labute approximate surface area is 229 Å². The number of hydrogen-bond donors (Lipinski definition) is 2. The van der Waals surface area contributed by atoms with E-state index in [2.05, 4.69) is 0 Å². The van der Waals surface area contributed by atoms with Crippen LogP contribution in [0.1, 0.15) is 22.3 Å². The molecule has 0 atom stereocenters. The molecule has 208 valence electrons. The molecule has 41 heavy (non-hydrogen) atoms. The molecule has 0 aliphatic rings. The lowest BCUT2D eigenvalue weighted by molar-refractivity contribution is -0.323. The Balaban J connectivity index is 1.74. The van der Waals surface area contributed by atoms with Gasteiger partial charge in [-0.25, -0.2) is 4.39 Å². The van der Waals surface area contributed by atoms with E-state index in [1.165, 1.54) is 48.5 Å². The molecular formula is C29H18F6N4O2. The van der Waals surface area contributed by atoms with Gasteiger partial charge < -0.3 is 20.9 Å². The zero-order chi connectivity index (χ0) is 30.0. The quantitative estimate of drug-likeness (QED) is 0.175. The van der Waals surface area contributed by atoms with Gasteiger partial charge in [0, 0.05) is 11.1 Å². The molecule has 0 aromatic heterocycles. The average molecular weight is 568 g/mol. The maximum atomic E-state index is 16.5. The third-order valence-electron chi connectivity index (χ3n) is 6.03. The summed E-state index contributed by atoms with van der Waals surface area (Å²) in [5.41, 5.74) is 4.87. The van der Waals surface area contributed by atoms with Crippen molar-refractivity contribution in [3.05, 3.63) is 107 Å². The van der Waals surface area contributed by atoms with Gasteiger partial charge in [-0.3, -0.25) is 0 Å². The summed E-state index contributed by atoms with van der Waals surface area (Å²) in [5, 5.41) is 17.8. The van der Waals surface area contributed by atoms with E-state index in [0.29, 0.717) is 35.4 Å². The molecule has 12 heteroatoms. The first-order valence-corrected chi connectivity index (χ1v) is 11.6. The van der Waals surface area contributed by atoms with Crippen molar-refractivity contribution in [3.63, 3.8) is 0 Å². The van der Waals surface area contributed by atoms with E-state index in [1.807, 2.05) is 12.1 Å². The molecular weight excluding hydrogens is 550 g/mol. The maximum absolute atomic E-state index is 16.5. The van der Waals surface area contributed by atoms with Gasteiger partial charge in [-0.1, -0.05) is 12.1 Å². The van der Waals surface area contributed by atoms with Crippen LogP contribution in [0.3, 0.4) is 0 Å². The second kappa shape index (κ2) is 10.7. The van der Waals surface area contributed by atoms with Crippen LogP contribution >= 0.6 is 0 Å². The zero-order valence-corrected chi connectivity index (χ0v) is 20.7. The summed E-state index contributed by atoms with van der Waals surface area (Å²) < 4.78 is 98.2. The zero-order valence-electron chi connectivity index (χ0n) is 20.7. The van der Waals surface area contributed by atoms with Crippen LogP contribution in [0.15, 0.2) is 84.9 Å². The minimum Gasteiger partial charge on any atom is -0.455 e. The monoisotopic (exact) mass is 568 g/mol. The lowest BCUT2D eigenvalue weighted by Crippen LogP contribution is -2.53. The summed E-state index contributed by atoms with van der Waals surface area (Å²) >= 11 is 0. The molecule has 4 rings (SSSR count). The van der Waals surface area contributed by atoms with Crippen LogP contribution < -0.4 is 20.9 Å². The molecule has 0 heterocycles. The van der Waals surface area contributed by atoms with Gasteiger partial charge in [0.2, 0.25) is 5.67 Å². The molecule has 4 N–H and O–H groups in total. The largest absolute Gasteiger partial charge is 0.457 e. The number of nitrogen functional groups attached to an aromatic ring is 2. The molecule has 0 radical (unpaired) electrons. The molecule has 6 nitrogen and oxygen atoms in total. The number of nitrogens with two attached hydrogens (primary N) is 2. The van der Waals surface area contributed by atoms with Crippen LogP contribution in [0.4, 0.5) is 37.7 Å². The second-order valence-electron chi connectivity index (χ2n) is 8.71. The Morgan fingerprint density at radius 2 is 0.927 bits per heavy atom. The summed E-state index contributed by atoms with van der Waals surface area (Å²) in [5.74, 6) is -5.87. The van der Waals surface area contributed by atoms with Gasteiger partial charge in [0.25, 0.3) is 0 Å². The van der Waals surface area contributed by atoms with Gasteiger partial charge in [0.05, 0.1) is 34.6 Å². The number of benzene rings is 4. The van der Waals surface area contributed by atoms with Gasteiger partial charge in [-0.2, -0.15) is 32.5 Å². The number of rotatable bonds is 7. The summed E-state index contributed by atoms with van der Waals surface area (Å²) in [6.45, 7) is 0. The molecule has 0 aliphatic carbocycles. The van der Waals surface area contributed by atoms with E-state index in [1.54, 1.807) is 0 Å². The molecule has 0 fully saturated rings. The predicted octanol–water partition coefficient (Wildman–Crippen LogP) is 7.59. The average Bonchev–Trinajstić information content (AvgIpc) is 2.94. The second-order valence-corrected chi connectivity index (χ2v) is 8.71. The van der Waals surface area contributed by atoms with Gasteiger partial charge >= 0.3 is 12.1 Å². The third-order valence-corrected chi connectivity index (χ3v) is 6.03. The first-order valence-electron chi connectivity index (χ1n) is 11.6. The maximum Gasteiger partial charge on any atom is 0.457 e. The fourth-order valence-corrected chi connectivity index (χ4v) is 3.88. The number of anilines is 2. The van der Waals surface area contributed by atoms with Crippen LogP contribution in [0.5, 0.6) is 23.0 Å². The van der Waals surface area contributed by atoms with Crippen molar-refractivity contribution in [2.75, 3.05) is 11.5 Å². The highest BCUT2D eigenvalue weighted by atomic mass is 19.4. The highest BCUT2D eigenvalue weighted by Crippen LogP contribution is 2.55. The molecule has 0 spiro atoms. The Morgan fingerprint density at radius 3 is 1.22 bits per heavy atom. The topological polar surface area (TPSA) is 118 Å². The fourth-order valence-electron chi connectivity index (χ4n) is 3.88. The Kier molecular flexibility index (Phi) is 7.45. The summed E-state index contributed by atoms with van der Waals surface area (Å²) in [6.07, 6.45) is -6.30. The number of hydrogen-bond acceptors (Lipinski definition) is 6. The highest BCUT2D eigenvalue weighted by Gasteiger charge is 2.72. The van der Waals surface area contributed by atoms with E-state index < -0.39 is 40.3 Å². The number of ether oxygens (including phenoxy) is 2. The Bertz CT molecular complexity index is 1550. The van der Waals surface area contributed by atoms with E-state index in [9.17, 15) is 22.0 Å². The van der Waals surface area contributed by atoms with Crippen LogP contribution in [-0.4, -0.2) is 12.1 Å². The number of halogens is 6. The van der Waals surface area contributed by atoms with Crippen LogP contribution in [0.25, 0.3) is 0 Å². The standard InChI is InChI=1S/C29H18F6N4O2/c30-27(28(31,32)29(33,34)35,19-5-11-25(23(38)13-19)40-21-7-1-17(15-36)2-8-21)20-6-12-26(24(39)14-20)41-22-9-3-18(16-37)4-10-22/h1-14H,38-39H2. The van der Waals surface area contributed by atoms with Crippen LogP contribution in [0, 0.1) is 22.7 Å². The SMILES string of the molecule is N#Cc1ccc(Oc2ccc(C(F)(c3ccc(Oc4ccc(C#N)cc4)c(N)c3)C(F)(F)C(F)(F)F)cc2N)cc1. The number of alkyl halides is 6. The van der Waals surface area contributed by atoms with Crippen molar-refractivity contribution >= 4 is 11.4 Å². The van der Waals surface area contributed by atoms with E-state index in [-0.39, 0.29) is 23.0 Å². The molecule has 0 unspecified atom stereocenters. The summed E-state index contributed by atoms with van der Waals surface area (Å²) in [4.78, 5) is 0. The van der Waals surface area contributed by atoms with E-state index in [4.69, 9.17) is 31.5 Å². The lowest BCUT2D eigenvalue weighted by Gasteiger charge is -2.35. The normalized spacial score (nSPS) is 11.8. The Hall–Kier alpha value is -5.36. The molecule has 4 aromatic carbocycles. The first kappa shape index (κ1) is 28.6. The minimum atomic E-state index is -6.30. The van der Waals surface area contributed by atoms with Gasteiger partial charge in [0.1, 0.15) is 23.0 Å². The minimum absolute atomic E-state index is 0.151. The smallest absolute Gasteiger partial charge is 0.455 e. The lowest BCUT2D eigenvalue weighted by atomic mass is 9.81. The van der Waals surface area contributed by atoms with Crippen molar-refractivity contribution < 1.29 is 35.8 Å². The molecule has 0 bridgehead atoms. The van der Waals surface area contributed by atoms with Crippen molar-refractivity contribution in [2.45, 2.75) is 17.8 Å². The van der Waals surface area contributed by atoms with E-state index in [0.717, 1.165) is 12.1 Å². The van der Waals surface area contributed by atoms with Crippen molar-refractivity contribution in [3.8, 4) is 35.1 Å². The first-order chi connectivity index (χ1) is 19.3. The highest BCUT2D eigenvalue weighted by molar-refractivity contribution is 5.62. The molecule has 4 aromatic rings. The Morgan fingerprint density at radius 1 is 0.561 bits per heavy atom. The number of nitriles is 2. The summed E-state index contributed by atoms with van der Waals surface area (Å²) in [7, 11) is 0. The van der Waals surface area contributed by atoms with Gasteiger partial charge in [-0.15, -0.1) is 0 Å². The van der Waals surface area contributed by atoms with Crippen molar-refractivity contribution in [2.24, 2.45) is 0 Å². The molecule has 0 amide bonds. The predicted molar refractivity (Wildman–Crippen MR) is 137 cm³/mol. The van der Waals surface area contributed by atoms with Gasteiger partial charge in [0.15, 0.2) is 0 Å². The molecule has 0 aliphatic heterocycles. The van der Waals surface area contributed by atoms with Crippen LogP contribution in [0.2, 0.25) is 0 Å². The molecule has 0 saturated heterocycles. The summed E-state index contributed by atoms with van der Waals surface area (Å²) in [6, 6.07) is 19.7. The third kappa shape index (κ3) is 5.40. The molecule has 0 saturated carbocycles. The number of nitrogens with zero attached hydrogens (tertiary/aromatic N) is 2. The van der Waals surface area contributed by atoms with Gasteiger partial charge in [-0.05, 0) is 72.8 Å². The fraction of sp³-hybridized carbons (Fsp3) is 0.103. The van der Waals surface area contributed by atoms with E-state index >= 15 is 4.39 Å². The van der Waals surface area contributed by atoms with Crippen LogP contribution in [-0.2, 0) is 5.67 Å².